The average Bonchev–Trinajstić information content (AvgIpc) is 3.34. The summed E-state index contributed by atoms with van der Waals surface area (Å²) in [6, 6.07) is 14.7. The van der Waals surface area contributed by atoms with Crippen LogP contribution in [0.5, 0.6) is 11.5 Å². The van der Waals surface area contributed by atoms with Crippen molar-refractivity contribution in [3.05, 3.63) is 76.6 Å². The third-order valence-corrected chi connectivity index (χ3v) is 10.0. The number of carbonyl (C=O) groups excluding carboxylic acids is 1. The van der Waals surface area contributed by atoms with E-state index in [0.29, 0.717) is 72.9 Å². The highest BCUT2D eigenvalue weighted by Crippen LogP contribution is 2.50. The molecule has 2 aromatic heterocycles. The molecule has 2 saturated heterocycles. The van der Waals surface area contributed by atoms with Gasteiger partial charge in [-0.15, -0.1) is 0 Å². The summed E-state index contributed by atoms with van der Waals surface area (Å²) in [5, 5.41) is 10.4. The molecule has 242 valence electrons. The first-order valence-electron chi connectivity index (χ1n) is 15.6. The summed E-state index contributed by atoms with van der Waals surface area (Å²) in [6.07, 6.45) is 3.10. The van der Waals surface area contributed by atoms with Gasteiger partial charge in [0.25, 0.3) is 5.79 Å². The molecule has 5 heterocycles. The number of methoxy groups -OCH3 is 1. The summed E-state index contributed by atoms with van der Waals surface area (Å²) in [7, 11) is 1.26. The summed E-state index contributed by atoms with van der Waals surface area (Å²) >= 11 is 6.07. The number of piperazine rings is 1. The maximum Gasteiger partial charge on any atom is 0.338 e. The zero-order valence-corrected chi connectivity index (χ0v) is 26.7. The number of imidazole rings is 1. The minimum Gasteiger partial charge on any atom is -0.465 e. The molecule has 4 aliphatic rings. The Morgan fingerprint density at radius 1 is 1.17 bits per heavy atom. The van der Waals surface area contributed by atoms with Crippen molar-refractivity contribution in [3.8, 4) is 17.6 Å². The van der Waals surface area contributed by atoms with Crippen molar-refractivity contribution in [3.63, 3.8) is 0 Å². The predicted molar refractivity (Wildman–Crippen MR) is 169 cm³/mol. The van der Waals surface area contributed by atoms with E-state index >= 15 is 4.39 Å². The number of hydrogen-bond acceptors (Lipinski definition) is 10. The largest absolute Gasteiger partial charge is 0.465 e. The van der Waals surface area contributed by atoms with Crippen molar-refractivity contribution in [1.29, 1.82) is 5.26 Å². The molecule has 0 amide bonds. The van der Waals surface area contributed by atoms with Crippen LogP contribution in [0.2, 0.25) is 5.02 Å². The molecule has 2 aromatic carbocycles. The van der Waals surface area contributed by atoms with Gasteiger partial charge in [0.15, 0.2) is 17.3 Å². The van der Waals surface area contributed by atoms with Gasteiger partial charge in [-0.25, -0.2) is 14.2 Å². The van der Waals surface area contributed by atoms with E-state index in [2.05, 4.69) is 20.9 Å². The molecule has 8 rings (SSSR count). The van der Waals surface area contributed by atoms with Gasteiger partial charge in [0, 0.05) is 32.8 Å². The molecule has 0 spiro atoms. The Kier molecular flexibility index (Phi) is 7.05. The van der Waals surface area contributed by atoms with Crippen LogP contribution in [-0.2, 0) is 28.4 Å². The van der Waals surface area contributed by atoms with Crippen molar-refractivity contribution in [2.75, 3.05) is 38.3 Å². The van der Waals surface area contributed by atoms with E-state index in [9.17, 15) is 10.1 Å². The number of nitriles is 1. The second kappa shape index (κ2) is 11.1. The van der Waals surface area contributed by atoms with Gasteiger partial charge in [-0.3, -0.25) is 9.88 Å². The fourth-order valence-electron chi connectivity index (χ4n) is 7.03. The number of carbonyl (C=O) groups is 1. The fraction of sp³-hybridized carbons (Fsp3) is 0.412. The van der Waals surface area contributed by atoms with E-state index in [1.807, 2.05) is 29.7 Å². The van der Waals surface area contributed by atoms with Crippen molar-refractivity contribution >= 4 is 34.3 Å². The Bertz CT molecular complexity index is 1940. The summed E-state index contributed by atoms with van der Waals surface area (Å²) in [6.45, 7) is 5.02. The van der Waals surface area contributed by atoms with Crippen LogP contribution in [-0.4, -0.2) is 70.9 Å². The molecule has 0 unspecified atom stereocenters. The number of anilines is 1. The smallest absolute Gasteiger partial charge is 0.338 e. The van der Waals surface area contributed by atoms with Crippen LogP contribution in [0.1, 0.15) is 41.6 Å². The Labute approximate surface area is 275 Å². The van der Waals surface area contributed by atoms with E-state index in [0.717, 1.165) is 24.6 Å². The molecule has 47 heavy (non-hydrogen) atoms. The van der Waals surface area contributed by atoms with Crippen molar-refractivity contribution in [1.82, 2.24) is 19.4 Å². The van der Waals surface area contributed by atoms with Crippen LogP contribution in [0.4, 0.5) is 10.1 Å². The molecular formula is C34H32ClFN6O5. The molecule has 3 atom stereocenters. The van der Waals surface area contributed by atoms with Gasteiger partial charge in [-0.05, 0) is 49.2 Å². The predicted octanol–water partition coefficient (Wildman–Crippen LogP) is 5.05. The number of aromatic nitrogens is 3. The highest BCUT2D eigenvalue weighted by atomic mass is 35.5. The molecule has 4 aromatic rings. The number of ether oxygens (including phenoxy) is 4. The summed E-state index contributed by atoms with van der Waals surface area (Å²) in [5.74, 6) is -0.414. The van der Waals surface area contributed by atoms with Crippen LogP contribution in [0.3, 0.4) is 0 Å². The number of benzene rings is 2. The SMILES string of the molecule is COC(=O)c1cc(F)c2nc(CN3CCN(c4cccc5c4O[C@](C)(c4ccc(Cl)cn4)O5)[C@H]4COC[C@H]43)n(CC3(C#N)CC3)c2c1. The van der Waals surface area contributed by atoms with Gasteiger partial charge >= 0.3 is 5.97 Å². The number of para-hydroxylation sites is 1. The number of fused-ring (bicyclic) bond motifs is 3. The lowest BCUT2D eigenvalue weighted by Gasteiger charge is -2.44. The topological polar surface area (TPSA) is 115 Å². The lowest BCUT2D eigenvalue weighted by atomic mass is 10.0. The molecule has 0 bridgehead atoms. The first-order valence-corrected chi connectivity index (χ1v) is 16.0. The second-order valence-electron chi connectivity index (χ2n) is 12.8. The molecule has 1 saturated carbocycles. The minimum atomic E-state index is -1.11. The molecule has 0 radical (unpaired) electrons. The van der Waals surface area contributed by atoms with Gasteiger partial charge in [0.2, 0.25) is 0 Å². The lowest BCUT2D eigenvalue weighted by Crippen LogP contribution is -2.59. The third-order valence-electron chi connectivity index (χ3n) is 9.78. The second-order valence-corrected chi connectivity index (χ2v) is 13.2. The first kappa shape index (κ1) is 29.9. The Balaban J connectivity index is 1.09. The van der Waals surface area contributed by atoms with Crippen LogP contribution in [0, 0.1) is 22.6 Å². The molecule has 0 N–H and O–H groups in total. The van der Waals surface area contributed by atoms with Gasteiger partial charge < -0.3 is 28.4 Å². The lowest BCUT2D eigenvalue weighted by molar-refractivity contribution is -0.0716. The summed E-state index contributed by atoms with van der Waals surface area (Å²) in [5.41, 5.74) is 1.76. The Morgan fingerprint density at radius 2 is 2.00 bits per heavy atom. The zero-order valence-electron chi connectivity index (χ0n) is 25.9. The van der Waals surface area contributed by atoms with E-state index in [4.69, 9.17) is 35.5 Å². The molecule has 1 aliphatic carbocycles. The van der Waals surface area contributed by atoms with Crippen LogP contribution < -0.4 is 14.4 Å². The average molecular weight is 659 g/mol. The molecule has 13 heteroatoms. The van der Waals surface area contributed by atoms with Gasteiger partial charge in [0.05, 0.1) is 72.2 Å². The zero-order chi connectivity index (χ0) is 32.5. The Hall–Kier alpha value is -4.44. The van der Waals surface area contributed by atoms with E-state index in [1.54, 1.807) is 24.4 Å². The highest BCUT2D eigenvalue weighted by Gasteiger charge is 2.47. The number of esters is 1. The van der Waals surface area contributed by atoms with Crippen LogP contribution in [0.15, 0.2) is 48.7 Å². The highest BCUT2D eigenvalue weighted by molar-refractivity contribution is 6.30. The molecule has 3 aliphatic heterocycles. The van der Waals surface area contributed by atoms with E-state index in [-0.39, 0.29) is 23.2 Å². The Morgan fingerprint density at radius 3 is 2.74 bits per heavy atom. The number of hydrogen-bond donors (Lipinski definition) is 0. The van der Waals surface area contributed by atoms with Crippen LogP contribution in [0.25, 0.3) is 11.0 Å². The number of rotatable bonds is 7. The van der Waals surface area contributed by atoms with Crippen molar-refractivity contribution in [2.45, 2.75) is 50.7 Å². The molecule has 3 fully saturated rings. The minimum absolute atomic E-state index is 0.00809. The monoisotopic (exact) mass is 658 g/mol. The maximum absolute atomic E-state index is 15.4. The maximum atomic E-state index is 15.4. The summed E-state index contributed by atoms with van der Waals surface area (Å²) in [4.78, 5) is 26.2. The van der Waals surface area contributed by atoms with E-state index < -0.39 is 23.0 Å². The van der Waals surface area contributed by atoms with Gasteiger partial charge in [-0.2, -0.15) is 5.26 Å². The van der Waals surface area contributed by atoms with Gasteiger partial charge in [0.1, 0.15) is 17.0 Å². The van der Waals surface area contributed by atoms with E-state index in [1.165, 1.54) is 7.11 Å². The molecular weight excluding hydrogens is 627 g/mol. The van der Waals surface area contributed by atoms with Gasteiger partial charge in [-0.1, -0.05) is 17.7 Å². The number of nitrogens with zero attached hydrogens (tertiary/aromatic N) is 6. The molecule has 11 nitrogen and oxygen atoms in total. The fourth-order valence-corrected chi connectivity index (χ4v) is 7.14. The number of halogens is 2. The first-order chi connectivity index (χ1) is 22.7. The summed E-state index contributed by atoms with van der Waals surface area (Å²) < 4.78 is 41.0. The van der Waals surface area contributed by atoms with Crippen molar-refractivity contribution < 1.29 is 28.1 Å². The van der Waals surface area contributed by atoms with Crippen LogP contribution >= 0.6 is 11.6 Å². The van der Waals surface area contributed by atoms with Crippen molar-refractivity contribution in [2.24, 2.45) is 5.41 Å². The quantitative estimate of drug-likeness (QED) is 0.250. The standard InChI is InChI=1S/C34H32ClFN6O5/c1-33(28-7-6-21(35)14-38-28)46-27-5-3-4-23(31(27)47-33)41-11-10-40(25-16-45-17-26(25)41)15-29-39-30-22(36)12-20(32(43)44-2)13-24(30)42(29)19-34(18-37)8-9-34/h3-7,12-14,25-26H,8-11,15-17,19H2,1-2H3/t25-,26+,33-/m1/s1. The third kappa shape index (κ3) is 5.04. The number of pyridine rings is 1. The normalized spacial score (nSPS) is 24.3.